The van der Waals surface area contributed by atoms with Crippen molar-refractivity contribution in [1.82, 2.24) is 15.2 Å². The Morgan fingerprint density at radius 1 is 1.22 bits per heavy atom. The van der Waals surface area contributed by atoms with Gasteiger partial charge in [0.25, 0.3) is 5.91 Å². The number of carbonyl (C=O) groups is 1. The van der Waals surface area contributed by atoms with Crippen molar-refractivity contribution in [2.45, 2.75) is 19.8 Å². The number of hydrogen-bond acceptors (Lipinski definition) is 5. The molecule has 0 atom stereocenters. The maximum atomic E-state index is 12.8. The summed E-state index contributed by atoms with van der Waals surface area (Å²) in [6.45, 7) is 8.51. The summed E-state index contributed by atoms with van der Waals surface area (Å²) in [5, 5.41) is 3.08. The van der Waals surface area contributed by atoms with Gasteiger partial charge in [-0.05, 0) is 50.6 Å². The highest BCUT2D eigenvalue weighted by molar-refractivity contribution is 5.99. The molecule has 6 nitrogen and oxygen atoms in total. The van der Waals surface area contributed by atoms with Gasteiger partial charge in [-0.3, -0.25) is 9.78 Å². The van der Waals surface area contributed by atoms with Crippen molar-refractivity contribution in [3.05, 3.63) is 59.4 Å². The third kappa shape index (κ3) is 5.79. The molecule has 32 heavy (non-hydrogen) atoms. The molecule has 0 bridgehead atoms. The molecule has 0 spiro atoms. The molecule has 166 valence electrons. The Bertz CT molecular complexity index is 967. The van der Waals surface area contributed by atoms with E-state index in [-0.39, 0.29) is 5.91 Å². The number of ether oxygens (including phenoxy) is 1. The van der Waals surface area contributed by atoms with E-state index in [0.717, 1.165) is 62.4 Å². The second-order valence-corrected chi connectivity index (χ2v) is 8.31. The van der Waals surface area contributed by atoms with Crippen LogP contribution < -0.4 is 10.2 Å². The number of aryl methyl sites for hydroxylation is 1. The standard InChI is InChI=1S/C26H30N4O2/c1-21-4-2-3-5-23(21)7-6-22-9-13-29(14-10-22)15-12-28-26(31)24-20-27-11-8-25(24)30-16-18-32-19-17-30/h4-5,8,11,20,22H,9-10,12-19H2,1H3,(H,28,31). The van der Waals surface area contributed by atoms with Gasteiger partial charge in [0.1, 0.15) is 0 Å². The number of pyridine rings is 1. The molecule has 1 aromatic carbocycles. The lowest BCUT2D eigenvalue weighted by Gasteiger charge is -2.30. The predicted molar refractivity (Wildman–Crippen MR) is 124 cm³/mol. The van der Waals surface area contributed by atoms with Crippen LogP contribution in [0, 0.1) is 36.8 Å². The largest absolute Gasteiger partial charge is 0.378 e. The van der Waals surface area contributed by atoms with Crippen LogP contribution in [0.1, 0.15) is 34.3 Å². The zero-order valence-electron chi connectivity index (χ0n) is 18.7. The van der Waals surface area contributed by atoms with Crippen LogP contribution in [0.3, 0.4) is 0 Å². The molecule has 1 N–H and O–H groups in total. The molecule has 1 aromatic heterocycles. The fourth-order valence-electron chi connectivity index (χ4n) is 4.14. The van der Waals surface area contributed by atoms with Gasteiger partial charge in [-0.1, -0.05) is 24.0 Å². The molecule has 2 aromatic rings. The summed E-state index contributed by atoms with van der Waals surface area (Å²) in [5.74, 6) is 7.11. The van der Waals surface area contributed by atoms with E-state index in [1.165, 1.54) is 0 Å². The normalized spacial score (nSPS) is 17.2. The molecular formula is C26H30N4O2. The summed E-state index contributed by atoms with van der Waals surface area (Å²) >= 11 is 0. The van der Waals surface area contributed by atoms with Gasteiger partial charge >= 0.3 is 0 Å². The van der Waals surface area contributed by atoms with E-state index in [0.29, 0.717) is 31.2 Å². The maximum absolute atomic E-state index is 12.8. The Hall–Kier alpha value is -3.06. The number of amides is 1. The summed E-state index contributed by atoms with van der Waals surface area (Å²) in [6.07, 6.45) is 5.53. The van der Waals surface area contributed by atoms with Crippen LogP contribution in [0.5, 0.6) is 0 Å². The number of nitrogens with one attached hydrogen (secondary N) is 1. The lowest BCUT2D eigenvalue weighted by atomic mass is 9.97. The summed E-state index contributed by atoms with van der Waals surface area (Å²) in [4.78, 5) is 21.6. The summed E-state index contributed by atoms with van der Waals surface area (Å²) in [6, 6.07) is 11.7. The molecule has 0 saturated carbocycles. The molecule has 2 aliphatic heterocycles. The number of anilines is 1. The predicted octanol–water partition coefficient (Wildman–Crippen LogP) is 2.32. The number of morpholine rings is 1. The second kappa shape index (κ2) is 11.0. The number of hydrogen-bond donors (Lipinski definition) is 1. The Balaban J connectivity index is 1.22. The molecule has 0 radical (unpaired) electrons. The first kappa shape index (κ1) is 22.1. The van der Waals surface area contributed by atoms with E-state index in [9.17, 15) is 4.79 Å². The van der Waals surface area contributed by atoms with Crippen molar-refractivity contribution in [3.63, 3.8) is 0 Å². The molecule has 0 aliphatic carbocycles. The third-order valence-corrected chi connectivity index (χ3v) is 6.12. The van der Waals surface area contributed by atoms with E-state index >= 15 is 0 Å². The fraction of sp³-hybridized carbons (Fsp3) is 0.462. The molecule has 0 unspecified atom stereocenters. The molecule has 1 amide bonds. The first-order valence-electron chi connectivity index (χ1n) is 11.4. The summed E-state index contributed by atoms with van der Waals surface area (Å²) < 4.78 is 5.43. The van der Waals surface area contributed by atoms with Gasteiger partial charge in [-0.25, -0.2) is 0 Å². The van der Waals surface area contributed by atoms with Crippen LogP contribution in [-0.2, 0) is 4.74 Å². The fourth-order valence-corrected chi connectivity index (χ4v) is 4.14. The average molecular weight is 431 g/mol. The molecule has 2 saturated heterocycles. The van der Waals surface area contributed by atoms with Gasteiger partial charge in [0.05, 0.1) is 24.5 Å². The van der Waals surface area contributed by atoms with Gasteiger partial charge in [-0.2, -0.15) is 0 Å². The van der Waals surface area contributed by atoms with E-state index in [1.807, 2.05) is 18.2 Å². The van der Waals surface area contributed by atoms with Gasteiger partial charge in [0, 0.05) is 56.1 Å². The maximum Gasteiger partial charge on any atom is 0.255 e. The van der Waals surface area contributed by atoms with Crippen molar-refractivity contribution < 1.29 is 9.53 Å². The smallest absolute Gasteiger partial charge is 0.255 e. The number of piperidine rings is 1. The molecule has 4 rings (SSSR count). The Labute approximate surface area is 191 Å². The van der Waals surface area contributed by atoms with Crippen molar-refractivity contribution >= 4 is 11.6 Å². The van der Waals surface area contributed by atoms with Crippen molar-refractivity contribution in [3.8, 4) is 11.8 Å². The van der Waals surface area contributed by atoms with Crippen LogP contribution >= 0.6 is 0 Å². The van der Waals surface area contributed by atoms with Crippen LogP contribution in [0.2, 0.25) is 0 Å². The summed E-state index contributed by atoms with van der Waals surface area (Å²) in [7, 11) is 0. The molecule has 2 fully saturated rings. The van der Waals surface area contributed by atoms with Gasteiger partial charge in [0.2, 0.25) is 0 Å². The van der Waals surface area contributed by atoms with Gasteiger partial charge in [0.15, 0.2) is 0 Å². The highest BCUT2D eigenvalue weighted by atomic mass is 16.5. The van der Waals surface area contributed by atoms with E-state index < -0.39 is 0 Å². The third-order valence-electron chi connectivity index (χ3n) is 6.12. The van der Waals surface area contributed by atoms with Crippen molar-refractivity contribution in [1.29, 1.82) is 0 Å². The highest BCUT2D eigenvalue weighted by Crippen LogP contribution is 2.20. The monoisotopic (exact) mass is 430 g/mol. The van der Waals surface area contributed by atoms with E-state index in [2.05, 4.69) is 51.0 Å². The topological polar surface area (TPSA) is 57.7 Å². The number of rotatable bonds is 5. The van der Waals surface area contributed by atoms with Crippen LogP contribution in [0.25, 0.3) is 0 Å². The average Bonchev–Trinajstić information content (AvgIpc) is 2.85. The van der Waals surface area contributed by atoms with Crippen LogP contribution in [0.15, 0.2) is 30.6 Å². The van der Waals surface area contributed by atoms with Crippen LogP contribution in [-0.4, -0.2) is 68.3 Å². The lowest BCUT2D eigenvalue weighted by Crippen LogP contribution is -2.40. The van der Waals surface area contributed by atoms with Crippen molar-refractivity contribution in [2.24, 2.45) is 5.92 Å². The van der Waals surface area contributed by atoms with Crippen LogP contribution in [0.4, 0.5) is 5.69 Å². The molecule has 6 heteroatoms. The number of aromatic nitrogens is 1. The molecular weight excluding hydrogens is 400 g/mol. The molecule has 2 aliphatic rings. The first-order chi connectivity index (χ1) is 15.7. The Kier molecular flexibility index (Phi) is 7.61. The number of carbonyl (C=O) groups excluding carboxylic acids is 1. The zero-order valence-corrected chi connectivity index (χ0v) is 18.7. The molecule has 3 heterocycles. The Morgan fingerprint density at radius 3 is 2.78 bits per heavy atom. The quantitative estimate of drug-likeness (QED) is 0.738. The Morgan fingerprint density at radius 2 is 2.00 bits per heavy atom. The highest BCUT2D eigenvalue weighted by Gasteiger charge is 2.20. The lowest BCUT2D eigenvalue weighted by molar-refractivity contribution is 0.0943. The minimum Gasteiger partial charge on any atom is -0.378 e. The SMILES string of the molecule is Cc1cc#ccc1C#CC1CCN(CCNC(=O)c2cnccc2N2CCOCC2)CC1. The van der Waals surface area contributed by atoms with Gasteiger partial charge in [-0.15, -0.1) is 0 Å². The van der Waals surface area contributed by atoms with Crippen molar-refractivity contribution in [2.75, 3.05) is 57.4 Å². The second-order valence-electron chi connectivity index (χ2n) is 8.31. The first-order valence-corrected chi connectivity index (χ1v) is 11.4. The minimum absolute atomic E-state index is 0.0624. The number of nitrogens with zero attached hydrogens (tertiary/aromatic N) is 3. The van der Waals surface area contributed by atoms with E-state index in [4.69, 9.17) is 4.74 Å². The number of likely N-dealkylation sites (tertiary alicyclic amines) is 1. The van der Waals surface area contributed by atoms with Gasteiger partial charge < -0.3 is 19.9 Å². The minimum atomic E-state index is -0.0624. The summed E-state index contributed by atoms with van der Waals surface area (Å²) in [5.41, 5.74) is 3.76. The van der Waals surface area contributed by atoms with E-state index in [1.54, 1.807) is 12.4 Å². The zero-order chi connectivity index (χ0) is 22.2.